The van der Waals surface area contributed by atoms with Crippen molar-refractivity contribution in [2.45, 2.75) is 0 Å². The lowest BCUT2D eigenvalue weighted by atomic mass is 9.93. The third-order valence-electron chi connectivity index (χ3n) is 5.79. The topological polar surface area (TPSA) is 15.8 Å². The van der Waals surface area contributed by atoms with Crippen molar-refractivity contribution in [1.82, 2.24) is 4.98 Å². The number of benzene rings is 5. The second-order valence-electron chi connectivity index (χ2n) is 7.51. The largest absolute Gasteiger partial charge is 0.354 e. The molecule has 0 radical (unpaired) electrons. The minimum absolute atomic E-state index is 1.18. The van der Waals surface area contributed by atoms with Gasteiger partial charge in [0.25, 0.3) is 0 Å². The maximum absolute atomic E-state index is 3.69. The number of hydrogen-bond donors (Lipinski definition) is 1. The van der Waals surface area contributed by atoms with E-state index in [1.165, 1.54) is 54.8 Å². The summed E-state index contributed by atoms with van der Waals surface area (Å²) in [6, 6.07) is 39.0. The van der Waals surface area contributed by atoms with Gasteiger partial charge < -0.3 is 4.98 Å². The van der Waals surface area contributed by atoms with E-state index in [2.05, 4.69) is 114 Å². The van der Waals surface area contributed by atoms with Gasteiger partial charge in [-0.15, -0.1) is 0 Å². The molecule has 0 bridgehead atoms. The van der Waals surface area contributed by atoms with E-state index in [9.17, 15) is 0 Å². The first-order valence-corrected chi connectivity index (χ1v) is 9.96. The molecule has 1 heteroatoms. The predicted molar refractivity (Wildman–Crippen MR) is 124 cm³/mol. The van der Waals surface area contributed by atoms with Crippen molar-refractivity contribution in [2.75, 3.05) is 0 Å². The van der Waals surface area contributed by atoms with Crippen LogP contribution in [0.1, 0.15) is 0 Å². The fourth-order valence-electron chi connectivity index (χ4n) is 4.42. The van der Waals surface area contributed by atoms with Gasteiger partial charge >= 0.3 is 0 Å². The zero-order valence-electron chi connectivity index (χ0n) is 15.9. The molecular formula is C28H19N. The Labute approximate surface area is 169 Å². The van der Waals surface area contributed by atoms with Crippen LogP contribution in [0.3, 0.4) is 0 Å². The van der Waals surface area contributed by atoms with Crippen LogP contribution in [-0.4, -0.2) is 4.98 Å². The van der Waals surface area contributed by atoms with Crippen molar-refractivity contribution in [3.8, 4) is 22.3 Å². The first-order chi connectivity index (χ1) is 14.4. The van der Waals surface area contributed by atoms with Gasteiger partial charge in [0.2, 0.25) is 0 Å². The molecule has 0 spiro atoms. The van der Waals surface area contributed by atoms with E-state index in [4.69, 9.17) is 0 Å². The predicted octanol–water partition coefficient (Wildman–Crippen LogP) is 7.81. The Bertz CT molecular complexity index is 1480. The monoisotopic (exact) mass is 369 g/mol. The first-order valence-electron chi connectivity index (χ1n) is 9.96. The van der Waals surface area contributed by atoms with E-state index in [1.54, 1.807) is 0 Å². The van der Waals surface area contributed by atoms with Gasteiger partial charge in [-0.25, -0.2) is 0 Å². The minimum atomic E-state index is 1.18. The molecule has 29 heavy (non-hydrogen) atoms. The van der Waals surface area contributed by atoms with Crippen molar-refractivity contribution in [3.63, 3.8) is 0 Å². The number of aromatic amines is 1. The summed E-state index contributed by atoms with van der Waals surface area (Å²) < 4.78 is 0. The van der Waals surface area contributed by atoms with E-state index < -0.39 is 0 Å². The maximum Gasteiger partial charge on any atom is 0.0550 e. The molecule has 0 aliphatic heterocycles. The van der Waals surface area contributed by atoms with Gasteiger partial charge in [-0.3, -0.25) is 0 Å². The lowest BCUT2D eigenvalue weighted by Crippen LogP contribution is -1.85. The van der Waals surface area contributed by atoms with Crippen LogP contribution in [0, 0.1) is 0 Å². The molecule has 6 rings (SSSR count). The molecule has 1 nitrogen and oxygen atoms in total. The van der Waals surface area contributed by atoms with E-state index in [1.807, 2.05) is 0 Å². The molecule has 0 amide bonds. The molecule has 5 aromatic carbocycles. The van der Waals surface area contributed by atoms with Crippen LogP contribution in [0.5, 0.6) is 0 Å². The summed E-state index contributed by atoms with van der Waals surface area (Å²) >= 11 is 0. The van der Waals surface area contributed by atoms with E-state index in [0.717, 1.165) is 0 Å². The first kappa shape index (κ1) is 16.1. The number of rotatable bonds is 2. The van der Waals surface area contributed by atoms with E-state index in [0.29, 0.717) is 0 Å². The molecule has 1 aromatic heterocycles. The molecule has 0 fully saturated rings. The number of aromatic nitrogens is 1. The fraction of sp³-hybridized carbons (Fsp3) is 0. The van der Waals surface area contributed by atoms with Crippen molar-refractivity contribution >= 4 is 32.6 Å². The van der Waals surface area contributed by atoms with Crippen molar-refractivity contribution in [2.24, 2.45) is 0 Å². The summed E-state index contributed by atoms with van der Waals surface area (Å²) in [6.07, 6.45) is 0. The Balaban J connectivity index is 1.74. The van der Waals surface area contributed by atoms with Gasteiger partial charge in [-0.2, -0.15) is 0 Å². The standard InChI is InChI=1S/C28H19N/c1-3-9-19(10-4-1)21-15-16-23-22(17-21)18-25(20-11-5-2-6-12-20)27-24-13-7-8-14-26(24)29-28(23)27/h1-18,29H. The Morgan fingerprint density at radius 2 is 1.17 bits per heavy atom. The van der Waals surface area contributed by atoms with Gasteiger partial charge in [0.1, 0.15) is 0 Å². The second-order valence-corrected chi connectivity index (χ2v) is 7.51. The average molecular weight is 369 g/mol. The number of nitrogens with one attached hydrogen (secondary N) is 1. The Morgan fingerprint density at radius 1 is 0.483 bits per heavy atom. The molecule has 0 aliphatic rings. The van der Waals surface area contributed by atoms with E-state index >= 15 is 0 Å². The molecule has 1 N–H and O–H groups in total. The molecule has 6 aromatic rings. The number of para-hydroxylation sites is 1. The molecule has 0 atom stereocenters. The summed E-state index contributed by atoms with van der Waals surface area (Å²) in [5.41, 5.74) is 7.39. The molecule has 1 heterocycles. The van der Waals surface area contributed by atoms with Gasteiger partial charge in [0.05, 0.1) is 5.52 Å². The van der Waals surface area contributed by atoms with Crippen LogP contribution >= 0.6 is 0 Å². The highest BCUT2D eigenvalue weighted by molar-refractivity contribution is 6.23. The van der Waals surface area contributed by atoms with Crippen LogP contribution in [0.25, 0.3) is 54.8 Å². The Hall–Kier alpha value is -3.84. The number of hydrogen-bond acceptors (Lipinski definition) is 0. The van der Waals surface area contributed by atoms with Crippen molar-refractivity contribution in [3.05, 3.63) is 109 Å². The smallest absolute Gasteiger partial charge is 0.0550 e. The van der Waals surface area contributed by atoms with Crippen LogP contribution < -0.4 is 0 Å². The molecule has 136 valence electrons. The molecule has 0 saturated carbocycles. The number of fused-ring (bicyclic) bond motifs is 5. The van der Waals surface area contributed by atoms with Crippen LogP contribution in [0.2, 0.25) is 0 Å². The third kappa shape index (κ3) is 2.55. The quantitative estimate of drug-likeness (QED) is 0.320. The highest BCUT2D eigenvalue weighted by Gasteiger charge is 2.14. The van der Waals surface area contributed by atoms with Gasteiger partial charge in [0, 0.05) is 21.7 Å². The second kappa shape index (κ2) is 6.35. The summed E-state index contributed by atoms with van der Waals surface area (Å²) in [7, 11) is 0. The highest BCUT2D eigenvalue weighted by atomic mass is 14.7. The zero-order chi connectivity index (χ0) is 19.2. The van der Waals surface area contributed by atoms with Gasteiger partial charge in [0.15, 0.2) is 0 Å². The fourth-order valence-corrected chi connectivity index (χ4v) is 4.42. The lowest BCUT2D eigenvalue weighted by molar-refractivity contribution is 1.56. The van der Waals surface area contributed by atoms with Crippen LogP contribution in [0.4, 0.5) is 0 Å². The summed E-state index contributed by atoms with van der Waals surface area (Å²) in [5, 5.41) is 5.09. The molecule has 0 aliphatic carbocycles. The van der Waals surface area contributed by atoms with Crippen molar-refractivity contribution < 1.29 is 0 Å². The van der Waals surface area contributed by atoms with Gasteiger partial charge in [-0.05, 0) is 45.8 Å². The molecular weight excluding hydrogens is 350 g/mol. The normalized spacial score (nSPS) is 11.4. The lowest BCUT2D eigenvalue weighted by Gasteiger charge is -2.10. The Kier molecular flexibility index (Phi) is 3.54. The van der Waals surface area contributed by atoms with Crippen LogP contribution in [0.15, 0.2) is 109 Å². The average Bonchev–Trinajstić information content (AvgIpc) is 3.19. The number of H-pyrrole nitrogens is 1. The van der Waals surface area contributed by atoms with Crippen molar-refractivity contribution in [1.29, 1.82) is 0 Å². The zero-order valence-corrected chi connectivity index (χ0v) is 15.9. The maximum atomic E-state index is 3.69. The van der Waals surface area contributed by atoms with Crippen LogP contribution in [-0.2, 0) is 0 Å². The van der Waals surface area contributed by atoms with Gasteiger partial charge in [-0.1, -0.05) is 91.0 Å². The molecule has 0 unspecified atom stereocenters. The van der Waals surface area contributed by atoms with E-state index in [-0.39, 0.29) is 0 Å². The minimum Gasteiger partial charge on any atom is -0.354 e. The summed E-state index contributed by atoms with van der Waals surface area (Å²) in [5.74, 6) is 0. The summed E-state index contributed by atoms with van der Waals surface area (Å²) in [6.45, 7) is 0. The Morgan fingerprint density at radius 3 is 1.97 bits per heavy atom. The molecule has 0 saturated heterocycles. The SMILES string of the molecule is c1ccc(-c2ccc3c(c2)cc(-c2ccccc2)c2c4ccccc4[nH]c32)cc1. The highest BCUT2D eigenvalue weighted by Crippen LogP contribution is 2.40. The summed E-state index contributed by atoms with van der Waals surface area (Å²) in [4.78, 5) is 3.69. The third-order valence-corrected chi connectivity index (χ3v) is 5.79.